The Morgan fingerprint density at radius 1 is 1.09 bits per heavy atom. The molecule has 0 saturated carbocycles. The van der Waals surface area contributed by atoms with E-state index in [1.54, 1.807) is 0 Å². The van der Waals surface area contributed by atoms with Crippen molar-refractivity contribution in [3.63, 3.8) is 0 Å². The number of rotatable bonds is 5. The van der Waals surface area contributed by atoms with E-state index in [-0.39, 0.29) is 6.03 Å². The molecule has 3 rings (SSSR count). The van der Waals surface area contributed by atoms with Gasteiger partial charge in [-0.1, -0.05) is 24.3 Å². The smallest absolute Gasteiger partial charge is 0.319 e. The van der Waals surface area contributed by atoms with Crippen LogP contribution in [0.15, 0.2) is 60.9 Å². The minimum absolute atomic E-state index is 0.181. The number of carbonyl (C=O) groups is 1. The van der Waals surface area contributed by atoms with E-state index < -0.39 is 0 Å². The van der Waals surface area contributed by atoms with E-state index in [9.17, 15) is 4.79 Å². The Bertz CT molecular complexity index is 751. The van der Waals surface area contributed by atoms with E-state index in [1.165, 1.54) is 0 Å². The molecule has 0 spiro atoms. The number of aryl methyl sites for hydroxylation is 1. The van der Waals surface area contributed by atoms with Crippen LogP contribution in [0, 0.1) is 0 Å². The molecular formula is C17H18N4O. The van der Waals surface area contributed by atoms with E-state index in [0.29, 0.717) is 6.54 Å². The minimum Gasteiger partial charge on any atom is -0.338 e. The van der Waals surface area contributed by atoms with Gasteiger partial charge in [-0.2, -0.15) is 0 Å². The van der Waals surface area contributed by atoms with Gasteiger partial charge in [0.25, 0.3) is 0 Å². The zero-order valence-corrected chi connectivity index (χ0v) is 12.2. The third-order valence-electron chi connectivity index (χ3n) is 3.41. The van der Waals surface area contributed by atoms with Crippen molar-refractivity contribution >= 4 is 17.2 Å². The molecule has 5 heteroatoms. The number of pyridine rings is 1. The van der Waals surface area contributed by atoms with E-state index in [4.69, 9.17) is 0 Å². The van der Waals surface area contributed by atoms with Crippen molar-refractivity contribution in [3.8, 4) is 0 Å². The molecule has 2 amide bonds. The number of carbonyl (C=O) groups excluding carboxylic acids is 1. The molecule has 0 bridgehead atoms. The largest absolute Gasteiger partial charge is 0.338 e. The molecule has 0 aliphatic carbocycles. The first kappa shape index (κ1) is 14.1. The van der Waals surface area contributed by atoms with Crippen LogP contribution in [0.2, 0.25) is 0 Å². The molecular weight excluding hydrogens is 276 g/mol. The van der Waals surface area contributed by atoms with Crippen molar-refractivity contribution in [2.45, 2.75) is 12.8 Å². The van der Waals surface area contributed by atoms with Crippen molar-refractivity contribution in [2.75, 3.05) is 11.9 Å². The number of amides is 2. The molecule has 1 aromatic carbocycles. The summed E-state index contributed by atoms with van der Waals surface area (Å²) in [6.45, 7) is 0.612. The Kier molecular flexibility index (Phi) is 4.34. The molecule has 22 heavy (non-hydrogen) atoms. The number of fused-ring (bicyclic) bond motifs is 1. The van der Waals surface area contributed by atoms with Crippen molar-refractivity contribution in [1.82, 2.24) is 14.7 Å². The average molecular weight is 294 g/mol. The molecule has 3 aromatic rings. The second-order valence-corrected chi connectivity index (χ2v) is 5.02. The summed E-state index contributed by atoms with van der Waals surface area (Å²) >= 11 is 0. The summed E-state index contributed by atoms with van der Waals surface area (Å²) in [4.78, 5) is 16.2. The summed E-state index contributed by atoms with van der Waals surface area (Å²) in [6, 6.07) is 15.2. The lowest BCUT2D eigenvalue weighted by Gasteiger charge is -2.07. The quantitative estimate of drug-likeness (QED) is 0.710. The van der Waals surface area contributed by atoms with Gasteiger partial charge in [0.15, 0.2) is 0 Å². The number of hydrogen-bond acceptors (Lipinski definition) is 2. The molecule has 0 aliphatic heterocycles. The van der Waals surface area contributed by atoms with Crippen LogP contribution in [-0.2, 0) is 6.42 Å². The highest BCUT2D eigenvalue weighted by Gasteiger charge is 2.04. The van der Waals surface area contributed by atoms with E-state index in [1.807, 2.05) is 60.9 Å². The molecule has 2 heterocycles. The third kappa shape index (κ3) is 3.44. The summed E-state index contributed by atoms with van der Waals surface area (Å²) in [7, 11) is 0. The standard InChI is InChI=1S/C17H18N4O/c22-17(20-14-7-2-1-3-8-14)18-11-6-10-16-19-13-15-9-4-5-12-21(15)16/h1-5,7-9,12-13H,6,10-11H2,(H2,18,20,22). The van der Waals surface area contributed by atoms with Crippen LogP contribution in [-0.4, -0.2) is 22.0 Å². The Balaban J connectivity index is 1.45. The predicted octanol–water partition coefficient (Wildman–Crippen LogP) is 3.09. The molecule has 0 saturated heterocycles. The maximum absolute atomic E-state index is 11.7. The Hall–Kier alpha value is -2.82. The van der Waals surface area contributed by atoms with Crippen LogP contribution in [0.3, 0.4) is 0 Å². The van der Waals surface area contributed by atoms with Gasteiger partial charge < -0.3 is 15.0 Å². The van der Waals surface area contributed by atoms with E-state index in [2.05, 4.69) is 20.0 Å². The molecule has 112 valence electrons. The number of nitrogens with one attached hydrogen (secondary N) is 2. The summed E-state index contributed by atoms with van der Waals surface area (Å²) < 4.78 is 2.07. The van der Waals surface area contributed by atoms with Gasteiger partial charge in [0.05, 0.1) is 11.7 Å². The van der Waals surface area contributed by atoms with Crippen LogP contribution < -0.4 is 10.6 Å². The molecule has 2 N–H and O–H groups in total. The van der Waals surface area contributed by atoms with Crippen molar-refractivity contribution in [3.05, 3.63) is 66.7 Å². The highest BCUT2D eigenvalue weighted by Crippen LogP contribution is 2.08. The summed E-state index contributed by atoms with van der Waals surface area (Å²) in [5.74, 6) is 1.01. The topological polar surface area (TPSA) is 58.4 Å². The number of urea groups is 1. The predicted molar refractivity (Wildman–Crippen MR) is 87.0 cm³/mol. The Labute approximate surface area is 129 Å². The van der Waals surface area contributed by atoms with Gasteiger partial charge in [-0.3, -0.25) is 0 Å². The van der Waals surface area contributed by atoms with Gasteiger partial charge in [-0.15, -0.1) is 0 Å². The summed E-state index contributed by atoms with van der Waals surface area (Å²) in [6.07, 6.45) is 5.54. The molecule has 0 unspecified atom stereocenters. The second kappa shape index (κ2) is 6.76. The van der Waals surface area contributed by atoms with Gasteiger partial charge in [0.2, 0.25) is 0 Å². The number of hydrogen-bond donors (Lipinski definition) is 2. The van der Waals surface area contributed by atoms with Crippen molar-refractivity contribution in [1.29, 1.82) is 0 Å². The third-order valence-corrected chi connectivity index (χ3v) is 3.41. The molecule has 2 aromatic heterocycles. The lowest BCUT2D eigenvalue weighted by atomic mass is 10.3. The number of para-hydroxylation sites is 1. The molecule has 0 aliphatic rings. The fourth-order valence-corrected chi connectivity index (χ4v) is 2.33. The Morgan fingerprint density at radius 3 is 2.77 bits per heavy atom. The van der Waals surface area contributed by atoms with Gasteiger partial charge in [0, 0.05) is 24.8 Å². The zero-order chi connectivity index (χ0) is 15.2. The van der Waals surface area contributed by atoms with E-state index in [0.717, 1.165) is 29.9 Å². The van der Waals surface area contributed by atoms with Gasteiger partial charge in [0.1, 0.15) is 5.82 Å². The van der Waals surface area contributed by atoms with Crippen LogP contribution in [0.1, 0.15) is 12.2 Å². The van der Waals surface area contributed by atoms with Crippen LogP contribution in [0.25, 0.3) is 5.52 Å². The first-order valence-electron chi connectivity index (χ1n) is 7.34. The maximum Gasteiger partial charge on any atom is 0.319 e. The molecule has 0 radical (unpaired) electrons. The lowest BCUT2D eigenvalue weighted by Crippen LogP contribution is -2.29. The van der Waals surface area contributed by atoms with Gasteiger partial charge in [-0.05, 0) is 30.7 Å². The molecule has 0 fully saturated rings. The molecule has 0 atom stereocenters. The normalized spacial score (nSPS) is 10.5. The van der Waals surface area contributed by atoms with Crippen LogP contribution >= 0.6 is 0 Å². The highest BCUT2D eigenvalue weighted by molar-refractivity contribution is 5.89. The number of benzene rings is 1. The van der Waals surface area contributed by atoms with Gasteiger partial charge in [-0.25, -0.2) is 9.78 Å². The number of imidazole rings is 1. The first-order chi connectivity index (χ1) is 10.8. The number of nitrogens with zero attached hydrogens (tertiary/aromatic N) is 2. The SMILES string of the molecule is O=C(NCCCc1ncc2ccccn12)Nc1ccccc1. The monoisotopic (exact) mass is 294 g/mol. The van der Waals surface area contributed by atoms with Crippen LogP contribution in [0.4, 0.5) is 10.5 Å². The fourth-order valence-electron chi connectivity index (χ4n) is 2.33. The van der Waals surface area contributed by atoms with Gasteiger partial charge >= 0.3 is 6.03 Å². The van der Waals surface area contributed by atoms with E-state index >= 15 is 0 Å². The number of aromatic nitrogens is 2. The number of anilines is 1. The van der Waals surface area contributed by atoms with Crippen LogP contribution in [0.5, 0.6) is 0 Å². The second-order valence-electron chi connectivity index (χ2n) is 5.02. The minimum atomic E-state index is -0.181. The maximum atomic E-state index is 11.7. The van der Waals surface area contributed by atoms with Crippen molar-refractivity contribution in [2.24, 2.45) is 0 Å². The highest BCUT2D eigenvalue weighted by atomic mass is 16.2. The lowest BCUT2D eigenvalue weighted by molar-refractivity contribution is 0.252. The first-order valence-corrected chi connectivity index (χ1v) is 7.34. The Morgan fingerprint density at radius 2 is 1.91 bits per heavy atom. The average Bonchev–Trinajstić information content (AvgIpc) is 2.96. The zero-order valence-electron chi connectivity index (χ0n) is 12.2. The molecule has 5 nitrogen and oxygen atoms in total. The fraction of sp³-hybridized carbons (Fsp3) is 0.176. The van der Waals surface area contributed by atoms with Crippen molar-refractivity contribution < 1.29 is 4.79 Å². The summed E-state index contributed by atoms with van der Waals surface area (Å²) in [5.41, 5.74) is 1.88. The summed E-state index contributed by atoms with van der Waals surface area (Å²) in [5, 5.41) is 5.65.